The zero-order valence-electron chi connectivity index (χ0n) is 17.2. The van der Waals surface area contributed by atoms with Crippen molar-refractivity contribution in [2.75, 3.05) is 30.6 Å². The molecular formula is C19H16BrN5O6S2. The van der Waals surface area contributed by atoms with E-state index in [0.717, 1.165) is 33.6 Å². The predicted molar refractivity (Wildman–Crippen MR) is 128 cm³/mol. The quantitative estimate of drug-likeness (QED) is 0.172. The van der Waals surface area contributed by atoms with Crippen LogP contribution in [-0.2, 0) is 4.79 Å². The maximum absolute atomic E-state index is 12.7. The number of nitrogens with one attached hydrogen (secondary N) is 2. The lowest BCUT2D eigenvalue weighted by molar-refractivity contribution is -0.385. The standard InChI is InChI=1S/C19H16BrN5O6S2/c1-30-14-7-12(13(25(28)29)8-15(14)31-2)17(27)22-18-23-24-19(33-18)32-9-16(26)21-11-5-3-10(20)4-6-11/h3-8H,9H2,1-2H3,(H,21,26)(H,22,23,27). The highest BCUT2D eigenvalue weighted by Crippen LogP contribution is 2.35. The van der Waals surface area contributed by atoms with Crippen molar-refractivity contribution in [3.05, 3.63) is 56.5 Å². The molecule has 2 N–H and O–H groups in total. The molecule has 2 amide bonds. The Morgan fingerprint density at radius 3 is 2.42 bits per heavy atom. The Bertz CT molecular complexity index is 1190. The lowest BCUT2D eigenvalue weighted by atomic mass is 10.1. The number of nitro groups is 1. The second-order valence-corrected chi connectivity index (χ2v) is 9.27. The van der Waals surface area contributed by atoms with E-state index in [2.05, 4.69) is 36.8 Å². The van der Waals surface area contributed by atoms with E-state index in [-0.39, 0.29) is 33.9 Å². The number of thioether (sulfide) groups is 1. The van der Waals surface area contributed by atoms with Crippen molar-refractivity contribution < 1.29 is 24.0 Å². The smallest absolute Gasteiger partial charge is 0.286 e. The number of methoxy groups -OCH3 is 2. The highest BCUT2D eigenvalue weighted by atomic mass is 79.9. The highest BCUT2D eigenvalue weighted by Gasteiger charge is 2.25. The van der Waals surface area contributed by atoms with Crippen LogP contribution in [0.5, 0.6) is 11.5 Å². The van der Waals surface area contributed by atoms with Gasteiger partial charge in [0.15, 0.2) is 15.8 Å². The zero-order chi connectivity index (χ0) is 24.0. The van der Waals surface area contributed by atoms with Gasteiger partial charge >= 0.3 is 0 Å². The first-order chi connectivity index (χ1) is 15.8. The zero-order valence-corrected chi connectivity index (χ0v) is 20.4. The molecule has 3 rings (SSSR count). The predicted octanol–water partition coefficient (Wildman–Crippen LogP) is 4.21. The SMILES string of the molecule is COc1cc(C(=O)Nc2nnc(SCC(=O)Nc3ccc(Br)cc3)s2)c([N+](=O)[O-])cc1OC. The number of anilines is 2. The van der Waals surface area contributed by atoms with Gasteiger partial charge in [-0.2, -0.15) is 0 Å². The number of carbonyl (C=O) groups is 2. The summed E-state index contributed by atoms with van der Waals surface area (Å²) in [5.41, 5.74) is -0.0182. The molecule has 0 atom stereocenters. The number of hydrogen-bond acceptors (Lipinski definition) is 10. The maximum Gasteiger partial charge on any atom is 0.286 e. The average molecular weight is 554 g/mol. The molecule has 14 heteroatoms. The van der Waals surface area contributed by atoms with Gasteiger partial charge in [0.2, 0.25) is 11.0 Å². The fraction of sp³-hybridized carbons (Fsp3) is 0.158. The molecule has 1 heterocycles. The fourth-order valence-electron chi connectivity index (χ4n) is 2.54. The van der Waals surface area contributed by atoms with Gasteiger partial charge in [0, 0.05) is 16.2 Å². The number of hydrogen-bond donors (Lipinski definition) is 2. The molecule has 172 valence electrons. The molecule has 3 aromatic rings. The number of benzene rings is 2. The Hall–Kier alpha value is -3.23. The second kappa shape index (κ2) is 11.1. The minimum absolute atomic E-state index is 0.0831. The van der Waals surface area contributed by atoms with Crippen LogP contribution in [0.2, 0.25) is 0 Å². The summed E-state index contributed by atoms with van der Waals surface area (Å²) in [6, 6.07) is 9.47. The minimum Gasteiger partial charge on any atom is -0.493 e. The summed E-state index contributed by atoms with van der Waals surface area (Å²) in [7, 11) is 2.69. The number of rotatable bonds is 9. The molecule has 0 bridgehead atoms. The number of ether oxygens (including phenoxy) is 2. The van der Waals surface area contributed by atoms with Crippen LogP contribution in [0.1, 0.15) is 10.4 Å². The Labute approximate surface area is 204 Å². The first kappa shape index (κ1) is 24.4. The van der Waals surface area contributed by atoms with E-state index in [9.17, 15) is 19.7 Å². The van der Waals surface area contributed by atoms with Crippen LogP contribution >= 0.6 is 39.0 Å². The number of nitro benzene ring substituents is 1. The molecule has 0 spiro atoms. The average Bonchev–Trinajstić information content (AvgIpc) is 3.25. The van der Waals surface area contributed by atoms with E-state index in [1.807, 2.05) is 12.1 Å². The second-order valence-electron chi connectivity index (χ2n) is 6.15. The molecule has 33 heavy (non-hydrogen) atoms. The van der Waals surface area contributed by atoms with Crippen molar-refractivity contribution in [1.29, 1.82) is 0 Å². The van der Waals surface area contributed by atoms with Gasteiger partial charge in [0.1, 0.15) is 5.56 Å². The number of aromatic nitrogens is 2. The first-order valence-corrected chi connectivity index (χ1v) is 11.6. The molecule has 0 aliphatic heterocycles. The van der Waals surface area contributed by atoms with Crippen LogP contribution in [-0.4, -0.2) is 46.9 Å². The lowest BCUT2D eigenvalue weighted by Gasteiger charge is -2.10. The van der Waals surface area contributed by atoms with Crippen LogP contribution in [0.25, 0.3) is 0 Å². The lowest BCUT2D eigenvalue weighted by Crippen LogP contribution is -2.14. The van der Waals surface area contributed by atoms with Gasteiger partial charge in [-0.3, -0.25) is 25.0 Å². The Kier molecular flexibility index (Phi) is 8.19. The summed E-state index contributed by atoms with van der Waals surface area (Å²) in [5, 5.41) is 24.6. The third kappa shape index (κ3) is 6.40. The van der Waals surface area contributed by atoms with Crippen LogP contribution < -0.4 is 20.1 Å². The topological polar surface area (TPSA) is 146 Å². The van der Waals surface area contributed by atoms with E-state index in [4.69, 9.17) is 9.47 Å². The fourth-order valence-corrected chi connectivity index (χ4v) is 4.35. The van der Waals surface area contributed by atoms with Crippen molar-refractivity contribution in [2.45, 2.75) is 4.34 Å². The van der Waals surface area contributed by atoms with Crippen molar-refractivity contribution in [3.63, 3.8) is 0 Å². The van der Waals surface area contributed by atoms with Crippen molar-refractivity contribution >= 4 is 67.3 Å². The molecule has 1 aromatic heterocycles. The summed E-state index contributed by atoms with van der Waals surface area (Å²) < 4.78 is 11.5. The van der Waals surface area contributed by atoms with Crippen molar-refractivity contribution in [1.82, 2.24) is 10.2 Å². The summed E-state index contributed by atoms with van der Waals surface area (Å²) in [6.07, 6.45) is 0. The number of carbonyl (C=O) groups excluding carboxylic acids is 2. The number of nitrogens with zero attached hydrogens (tertiary/aromatic N) is 3. The van der Waals surface area contributed by atoms with Gasteiger partial charge in [-0.15, -0.1) is 10.2 Å². The van der Waals surface area contributed by atoms with E-state index in [1.54, 1.807) is 12.1 Å². The normalized spacial score (nSPS) is 10.4. The van der Waals surface area contributed by atoms with Gasteiger partial charge in [0.25, 0.3) is 11.6 Å². The summed E-state index contributed by atoms with van der Waals surface area (Å²) in [4.78, 5) is 35.5. The molecule has 0 unspecified atom stereocenters. The van der Waals surface area contributed by atoms with Crippen LogP contribution in [0, 0.1) is 10.1 Å². The molecular weight excluding hydrogens is 538 g/mol. The number of amides is 2. The molecule has 0 saturated heterocycles. The van der Waals surface area contributed by atoms with E-state index >= 15 is 0 Å². The molecule has 0 aliphatic carbocycles. The summed E-state index contributed by atoms with van der Waals surface area (Å²) >= 11 is 5.50. The van der Waals surface area contributed by atoms with Crippen LogP contribution in [0.4, 0.5) is 16.5 Å². The number of halogens is 1. The molecule has 0 aliphatic rings. The summed E-state index contributed by atoms with van der Waals surface area (Å²) in [5.74, 6) is -0.623. The van der Waals surface area contributed by atoms with E-state index < -0.39 is 16.5 Å². The highest BCUT2D eigenvalue weighted by molar-refractivity contribution is 9.10. The van der Waals surface area contributed by atoms with Gasteiger partial charge in [-0.05, 0) is 24.3 Å². The molecule has 0 radical (unpaired) electrons. The van der Waals surface area contributed by atoms with Gasteiger partial charge in [0.05, 0.1) is 31.0 Å². The van der Waals surface area contributed by atoms with Gasteiger partial charge in [-0.25, -0.2) is 0 Å². The Morgan fingerprint density at radius 2 is 1.79 bits per heavy atom. The largest absolute Gasteiger partial charge is 0.493 e. The van der Waals surface area contributed by atoms with Crippen LogP contribution in [0.15, 0.2) is 45.2 Å². The van der Waals surface area contributed by atoms with Gasteiger partial charge in [-0.1, -0.05) is 39.0 Å². The van der Waals surface area contributed by atoms with Gasteiger partial charge < -0.3 is 14.8 Å². The maximum atomic E-state index is 12.7. The first-order valence-electron chi connectivity index (χ1n) is 9.04. The monoisotopic (exact) mass is 553 g/mol. The van der Waals surface area contributed by atoms with E-state index in [1.165, 1.54) is 20.3 Å². The minimum atomic E-state index is -0.761. The summed E-state index contributed by atoms with van der Waals surface area (Å²) in [6.45, 7) is 0. The van der Waals surface area contributed by atoms with E-state index in [0.29, 0.717) is 10.0 Å². The molecule has 2 aromatic carbocycles. The molecule has 0 saturated carbocycles. The van der Waals surface area contributed by atoms with Crippen LogP contribution in [0.3, 0.4) is 0 Å². The molecule has 11 nitrogen and oxygen atoms in total. The van der Waals surface area contributed by atoms with Crippen molar-refractivity contribution in [3.8, 4) is 11.5 Å². The Balaban J connectivity index is 1.64. The Morgan fingerprint density at radius 1 is 1.12 bits per heavy atom. The third-order valence-electron chi connectivity index (χ3n) is 4.02. The van der Waals surface area contributed by atoms with Crippen molar-refractivity contribution in [2.24, 2.45) is 0 Å². The molecule has 0 fully saturated rings. The third-order valence-corrected chi connectivity index (χ3v) is 6.53.